The van der Waals surface area contributed by atoms with E-state index >= 15 is 0 Å². The molecule has 0 spiro atoms. The lowest BCUT2D eigenvalue weighted by Crippen LogP contribution is -2.07. The minimum atomic E-state index is -2.84. The van der Waals surface area contributed by atoms with Crippen LogP contribution in [0.1, 0.15) is 0 Å². The first-order valence-corrected chi connectivity index (χ1v) is 6.38. The van der Waals surface area contributed by atoms with Gasteiger partial charge in [0.2, 0.25) is 5.82 Å². The molecule has 3 nitrogen and oxygen atoms in total. The van der Waals surface area contributed by atoms with Crippen LogP contribution in [0.15, 0.2) is 24.3 Å². The van der Waals surface area contributed by atoms with Crippen LogP contribution in [0.3, 0.4) is 0 Å². The summed E-state index contributed by atoms with van der Waals surface area (Å²) >= 11 is -2.84. The molecule has 21 heavy (non-hydrogen) atoms. The van der Waals surface area contributed by atoms with Crippen LogP contribution in [0.25, 0.3) is 11.1 Å². The summed E-state index contributed by atoms with van der Waals surface area (Å²) in [6.45, 7) is 0. The number of para-hydroxylation sites is 1. The number of rotatable bonds is 3. The van der Waals surface area contributed by atoms with Crippen molar-refractivity contribution in [3.8, 4) is 11.1 Å². The number of nitrogens with one attached hydrogen (secondary N) is 1. The Morgan fingerprint density at radius 3 is 1.86 bits per heavy atom. The Hall–Kier alpha value is -2.00. The van der Waals surface area contributed by atoms with Crippen molar-refractivity contribution in [2.45, 2.75) is 0 Å². The summed E-state index contributed by atoms with van der Waals surface area (Å²) in [6, 6.07) is 4.72. The second kappa shape index (κ2) is 5.78. The summed E-state index contributed by atoms with van der Waals surface area (Å²) in [7, 11) is 0. The van der Waals surface area contributed by atoms with Crippen LogP contribution in [-0.4, -0.2) is 8.76 Å². The Kier molecular flexibility index (Phi) is 4.24. The van der Waals surface area contributed by atoms with Gasteiger partial charge in [0.1, 0.15) is 0 Å². The third-order valence-corrected chi connectivity index (χ3v) is 2.99. The van der Waals surface area contributed by atoms with Gasteiger partial charge in [-0.05, 0) is 6.07 Å². The zero-order chi connectivity index (χ0) is 15.7. The van der Waals surface area contributed by atoms with E-state index in [0.717, 1.165) is 12.1 Å². The SMILES string of the molecule is O=S([O-])Nc1ccccc1-c1c(F)c(F)c(F)c(F)c1F. The maximum atomic E-state index is 13.7. The summed E-state index contributed by atoms with van der Waals surface area (Å²) in [5, 5.41) is 0. The highest BCUT2D eigenvalue weighted by molar-refractivity contribution is 7.80. The monoisotopic (exact) mass is 322 g/mol. The van der Waals surface area contributed by atoms with Gasteiger partial charge in [-0.25, -0.2) is 22.0 Å². The molecule has 2 rings (SSSR count). The molecule has 2 aromatic rings. The lowest BCUT2D eigenvalue weighted by Gasteiger charge is -2.15. The lowest BCUT2D eigenvalue weighted by molar-refractivity contribution is 0.381. The number of hydrogen-bond donors (Lipinski definition) is 1. The first kappa shape index (κ1) is 15.4. The van der Waals surface area contributed by atoms with Gasteiger partial charge in [-0.2, -0.15) is 0 Å². The van der Waals surface area contributed by atoms with Crippen molar-refractivity contribution in [1.82, 2.24) is 0 Å². The van der Waals surface area contributed by atoms with E-state index in [1.807, 2.05) is 4.72 Å². The molecular formula is C12H5F5NO2S-. The van der Waals surface area contributed by atoms with Gasteiger partial charge in [0.25, 0.3) is 0 Å². The molecule has 0 radical (unpaired) electrons. The summed E-state index contributed by atoms with van der Waals surface area (Å²) in [5.74, 6) is -10.6. The zero-order valence-corrected chi connectivity index (χ0v) is 10.7. The Balaban J connectivity index is 2.77. The van der Waals surface area contributed by atoms with Crippen LogP contribution in [-0.2, 0) is 11.3 Å². The fourth-order valence-corrected chi connectivity index (χ4v) is 2.08. The van der Waals surface area contributed by atoms with E-state index in [4.69, 9.17) is 0 Å². The van der Waals surface area contributed by atoms with Crippen molar-refractivity contribution in [3.63, 3.8) is 0 Å². The fraction of sp³-hybridized carbons (Fsp3) is 0. The van der Waals surface area contributed by atoms with Crippen LogP contribution in [0.2, 0.25) is 0 Å². The second-order valence-corrected chi connectivity index (χ2v) is 4.50. The average Bonchev–Trinajstić information content (AvgIpc) is 2.44. The zero-order valence-electron chi connectivity index (χ0n) is 9.92. The topological polar surface area (TPSA) is 52.2 Å². The third-order valence-electron chi connectivity index (χ3n) is 2.60. The number of hydrogen-bond acceptors (Lipinski definition) is 2. The summed E-state index contributed by atoms with van der Waals surface area (Å²) in [6.07, 6.45) is 0. The van der Waals surface area contributed by atoms with Crippen LogP contribution < -0.4 is 4.72 Å². The van der Waals surface area contributed by atoms with E-state index in [1.54, 1.807) is 0 Å². The summed E-state index contributed by atoms with van der Waals surface area (Å²) in [5.41, 5.74) is -2.01. The Morgan fingerprint density at radius 2 is 1.33 bits per heavy atom. The smallest absolute Gasteiger partial charge is 0.200 e. The summed E-state index contributed by atoms with van der Waals surface area (Å²) < 4.78 is 89.8. The van der Waals surface area contributed by atoms with Crippen molar-refractivity contribution < 1.29 is 30.7 Å². The van der Waals surface area contributed by atoms with Gasteiger partial charge >= 0.3 is 0 Å². The average molecular weight is 322 g/mol. The number of anilines is 1. The molecule has 0 fully saturated rings. The molecule has 1 atom stereocenters. The predicted octanol–water partition coefficient (Wildman–Crippen LogP) is 3.26. The highest BCUT2D eigenvalue weighted by Gasteiger charge is 2.27. The largest absolute Gasteiger partial charge is 0.755 e. The molecule has 0 amide bonds. The van der Waals surface area contributed by atoms with Gasteiger partial charge < -0.3 is 9.27 Å². The van der Waals surface area contributed by atoms with E-state index < -0.39 is 51.5 Å². The van der Waals surface area contributed by atoms with E-state index in [1.165, 1.54) is 12.1 Å². The number of halogens is 5. The molecule has 0 aliphatic heterocycles. The lowest BCUT2D eigenvalue weighted by atomic mass is 10.0. The molecular weight excluding hydrogens is 317 g/mol. The standard InChI is InChI=1S/C12H6F5NO2S/c13-8-7(9(14)11(16)12(17)10(8)15)5-3-1-2-4-6(5)18-21(19)20/h1-4,18H,(H,19,20)/p-1. The van der Waals surface area contributed by atoms with E-state index in [9.17, 15) is 30.7 Å². The molecule has 112 valence electrons. The highest BCUT2D eigenvalue weighted by atomic mass is 32.2. The molecule has 0 aromatic heterocycles. The van der Waals surface area contributed by atoms with Gasteiger partial charge in [-0.15, -0.1) is 0 Å². The molecule has 1 unspecified atom stereocenters. The van der Waals surface area contributed by atoms with Gasteiger partial charge in [0.15, 0.2) is 23.3 Å². The van der Waals surface area contributed by atoms with Crippen LogP contribution in [0.5, 0.6) is 0 Å². The van der Waals surface area contributed by atoms with Crippen LogP contribution in [0.4, 0.5) is 27.6 Å². The van der Waals surface area contributed by atoms with Crippen LogP contribution >= 0.6 is 0 Å². The van der Waals surface area contributed by atoms with E-state index in [0.29, 0.717) is 0 Å². The predicted molar refractivity (Wildman–Crippen MR) is 64.2 cm³/mol. The Labute approximate surface area is 117 Å². The minimum Gasteiger partial charge on any atom is -0.755 e. The normalized spacial score (nSPS) is 12.3. The maximum absolute atomic E-state index is 13.7. The highest BCUT2D eigenvalue weighted by Crippen LogP contribution is 2.35. The first-order chi connectivity index (χ1) is 9.84. The van der Waals surface area contributed by atoms with Crippen molar-refractivity contribution >= 4 is 17.0 Å². The molecule has 1 N–H and O–H groups in total. The van der Waals surface area contributed by atoms with Crippen molar-refractivity contribution in [3.05, 3.63) is 53.4 Å². The Morgan fingerprint density at radius 1 is 0.857 bits per heavy atom. The summed E-state index contributed by atoms with van der Waals surface area (Å²) in [4.78, 5) is 0. The third kappa shape index (κ3) is 2.74. The Bertz CT molecular complexity index is 709. The van der Waals surface area contributed by atoms with Gasteiger partial charge in [-0.1, -0.05) is 18.2 Å². The van der Waals surface area contributed by atoms with Crippen LogP contribution in [0, 0.1) is 29.1 Å². The molecule has 2 aromatic carbocycles. The molecule has 0 heterocycles. The van der Waals surface area contributed by atoms with Gasteiger partial charge in [0.05, 0.1) is 11.3 Å². The van der Waals surface area contributed by atoms with Gasteiger partial charge in [0, 0.05) is 16.8 Å². The maximum Gasteiger partial charge on any atom is 0.200 e. The van der Waals surface area contributed by atoms with E-state index in [2.05, 4.69) is 0 Å². The number of benzene rings is 2. The fourth-order valence-electron chi connectivity index (χ4n) is 1.72. The molecule has 9 heteroatoms. The molecule has 0 aliphatic rings. The molecule has 0 aliphatic carbocycles. The van der Waals surface area contributed by atoms with Gasteiger partial charge in [-0.3, -0.25) is 4.21 Å². The quantitative estimate of drug-likeness (QED) is 0.408. The minimum absolute atomic E-state index is 0.325. The van der Waals surface area contributed by atoms with E-state index in [-0.39, 0.29) is 5.69 Å². The van der Waals surface area contributed by atoms with Crippen molar-refractivity contribution in [2.75, 3.05) is 4.72 Å². The molecule has 0 bridgehead atoms. The molecule has 0 saturated heterocycles. The van der Waals surface area contributed by atoms with Crippen molar-refractivity contribution in [2.24, 2.45) is 0 Å². The molecule has 0 saturated carbocycles. The van der Waals surface area contributed by atoms with Crippen molar-refractivity contribution in [1.29, 1.82) is 0 Å². The second-order valence-electron chi connectivity index (χ2n) is 3.83. The first-order valence-electron chi connectivity index (χ1n) is 5.31.